The highest BCUT2D eigenvalue weighted by Gasteiger charge is 2.16. The molecular formula is C9H10ClNO5S2. The van der Waals surface area contributed by atoms with Crippen molar-refractivity contribution in [3.63, 3.8) is 0 Å². The Labute approximate surface area is 113 Å². The number of nitro groups is 1. The van der Waals surface area contributed by atoms with Crippen molar-refractivity contribution in [2.45, 2.75) is 4.90 Å². The van der Waals surface area contributed by atoms with Gasteiger partial charge >= 0.3 is 0 Å². The summed E-state index contributed by atoms with van der Waals surface area (Å²) in [5, 5.41) is 10.8. The van der Waals surface area contributed by atoms with Crippen LogP contribution in [0.5, 0.6) is 5.75 Å². The van der Waals surface area contributed by atoms with Crippen LogP contribution in [0, 0.1) is 10.1 Å². The van der Waals surface area contributed by atoms with Crippen molar-refractivity contribution in [3.8, 4) is 5.75 Å². The Bertz CT molecular complexity index is 546. The van der Waals surface area contributed by atoms with Crippen molar-refractivity contribution in [1.29, 1.82) is 0 Å². The Morgan fingerprint density at radius 3 is 2.67 bits per heavy atom. The molecule has 0 aliphatic carbocycles. The summed E-state index contributed by atoms with van der Waals surface area (Å²) in [6.45, 7) is 0. The smallest absolute Gasteiger partial charge is 0.286 e. The van der Waals surface area contributed by atoms with Gasteiger partial charge in [0.25, 0.3) is 5.69 Å². The summed E-state index contributed by atoms with van der Waals surface area (Å²) in [4.78, 5) is 10.7. The number of hydrogen-bond acceptors (Lipinski definition) is 6. The van der Waals surface area contributed by atoms with Crippen LogP contribution in [0.2, 0.25) is 0 Å². The minimum absolute atomic E-state index is 0.119. The fourth-order valence-electron chi connectivity index (χ4n) is 1.14. The molecule has 0 unspecified atom stereocenters. The Morgan fingerprint density at radius 1 is 1.50 bits per heavy atom. The van der Waals surface area contributed by atoms with Crippen LogP contribution < -0.4 is 4.74 Å². The van der Waals surface area contributed by atoms with E-state index in [1.165, 1.54) is 19.2 Å². The van der Waals surface area contributed by atoms with Gasteiger partial charge in [-0.05, 0) is 12.1 Å². The largest absolute Gasteiger partial charge is 0.497 e. The molecular weight excluding hydrogens is 302 g/mol. The second-order valence-corrected chi connectivity index (χ2v) is 7.22. The first-order valence-corrected chi connectivity index (χ1v) is 8.17. The third-order valence-corrected chi connectivity index (χ3v) is 4.43. The van der Waals surface area contributed by atoms with E-state index in [0.717, 1.165) is 11.8 Å². The van der Waals surface area contributed by atoms with Gasteiger partial charge in [0.15, 0.2) is 0 Å². The molecule has 6 nitrogen and oxygen atoms in total. The van der Waals surface area contributed by atoms with E-state index in [1.54, 1.807) is 6.07 Å². The van der Waals surface area contributed by atoms with E-state index in [1.807, 2.05) is 0 Å². The van der Waals surface area contributed by atoms with Crippen molar-refractivity contribution >= 4 is 37.2 Å². The van der Waals surface area contributed by atoms with Gasteiger partial charge in [-0.25, -0.2) is 8.42 Å². The monoisotopic (exact) mass is 311 g/mol. The molecule has 0 atom stereocenters. The van der Waals surface area contributed by atoms with E-state index in [9.17, 15) is 18.5 Å². The number of methoxy groups -OCH3 is 1. The third kappa shape index (κ3) is 4.71. The van der Waals surface area contributed by atoms with Gasteiger partial charge in [-0.1, -0.05) is 0 Å². The van der Waals surface area contributed by atoms with Crippen molar-refractivity contribution in [2.75, 3.05) is 18.6 Å². The van der Waals surface area contributed by atoms with Gasteiger partial charge in [0.05, 0.1) is 28.7 Å². The van der Waals surface area contributed by atoms with Crippen molar-refractivity contribution in [1.82, 2.24) is 0 Å². The second-order valence-electron chi connectivity index (χ2n) is 3.18. The fourth-order valence-corrected chi connectivity index (χ4v) is 3.50. The van der Waals surface area contributed by atoms with Gasteiger partial charge in [-0.2, -0.15) is 0 Å². The lowest BCUT2D eigenvalue weighted by Crippen LogP contribution is -2.00. The molecule has 0 amide bonds. The van der Waals surface area contributed by atoms with Crippen molar-refractivity contribution < 1.29 is 18.1 Å². The van der Waals surface area contributed by atoms with E-state index < -0.39 is 14.0 Å². The Kier molecular flexibility index (Phi) is 5.24. The molecule has 1 aromatic carbocycles. The zero-order valence-electron chi connectivity index (χ0n) is 9.33. The molecule has 0 bridgehead atoms. The highest BCUT2D eigenvalue weighted by Crippen LogP contribution is 2.32. The van der Waals surface area contributed by atoms with Gasteiger partial charge in [0, 0.05) is 16.4 Å². The van der Waals surface area contributed by atoms with E-state index in [4.69, 9.17) is 15.4 Å². The van der Waals surface area contributed by atoms with E-state index >= 15 is 0 Å². The lowest BCUT2D eigenvalue weighted by Gasteiger charge is -2.04. The zero-order valence-corrected chi connectivity index (χ0v) is 11.7. The normalized spacial score (nSPS) is 11.2. The lowest BCUT2D eigenvalue weighted by atomic mass is 10.3. The molecule has 9 heteroatoms. The average molecular weight is 312 g/mol. The molecule has 1 rings (SSSR count). The Balaban J connectivity index is 2.85. The number of thioether (sulfide) groups is 1. The van der Waals surface area contributed by atoms with Crippen LogP contribution in [-0.4, -0.2) is 32.0 Å². The fraction of sp³-hybridized carbons (Fsp3) is 0.333. The van der Waals surface area contributed by atoms with Gasteiger partial charge in [-0.3, -0.25) is 10.1 Å². The number of halogens is 1. The summed E-state index contributed by atoms with van der Waals surface area (Å²) in [6.07, 6.45) is 0. The molecule has 1 aromatic rings. The number of nitrogens with zero attached hydrogens (tertiary/aromatic N) is 1. The first-order chi connectivity index (χ1) is 8.33. The maximum Gasteiger partial charge on any atom is 0.286 e. The molecule has 100 valence electrons. The number of benzene rings is 1. The number of nitro benzene ring substituents is 1. The Morgan fingerprint density at radius 2 is 2.17 bits per heavy atom. The van der Waals surface area contributed by atoms with Crippen LogP contribution in [0.15, 0.2) is 23.1 Å². The maximum atomic E-state index is 10.8. The van der Waals surface area contributed by atoms with Crippen LogP contribution in [0.1, 0.15) is 0 Å². The van der Waals surface area contributed by atoms with Gasteiger partial charge in [-0.15, -0.1) is 11.8 Å². The standard InChI is InChI=1S/C9H10ClNO5S2/c1-16-7-2-3-9(8(6-7)11(12)13)17-4-5-18(10,14)15/h2-3,6H,4-5H2,1H3. The van der Waals surface area contributed by atoms with Gasteiger partial charge in [0.1, 0.15) is 5.75 Å². The highest BCUT2D eigenvalue weighted by molar-refractivity contribution is 8.14. The molecule has 0 N–H and O–H groups in total. The lowest BCUT2D eigenvalue weighted by molar-refractivity contribution is -0.387. The number of rotatable bonds is 6. The van der Waals surface area contributed by atoms with Gasteiger partial charge in [0.2, 0.25) is 9.05 Å². The summed E-state index contributed by atoms with van der Waals surface area (Å²) in [7, 11) is 2.88. The van der Waals surface area contributed by atoms with E-state index in [2.05, 4.69) is 0 Å². The number of ether oxygens (including phenoxy) is 1. The molecule has 0 spiro atoms. The van der Waals surface area contributed by atoms with Crippen LogP contribution in [0.3, 0.4) is 0 Å². The minimum atomic E-state index is -3.58. The molecule has 0 heterocycles. The zero-order chi connectivity index (χ0) is 13.8. The summed E-state index contributed by atoms with van der Waals surface area (Å²) in [6, 6.07) is 4.38. The van der Waals surface area contributed by atoms with E-state index in [-0.39, 0.29) is 17.2 Å². The summed E-state index contributed by atoms with van der Waals surface area (Å²) >= 11 is 1.06. The minimum Gasteiger partial charge on any atom is -0.497 e. The highest BCUT2D eigenvalue weighted by atomic mass is 35.7. The van der Waals surface area contributed by atoms with Crippen LogP contribution in [0.25, 0.3) is 0 Å². The molecule has 0 saturated carbocycles. The average Bonchev–Trinajstić information content (AvgIpc) is 2.27. The molecule has 0 aliphatic rings. The van der Waals surface area contributed by atoms with Crippen LogP contribution in [0.4, 0.5) is 5.69 Å². The van der Waals surface area contributed by atoms with Crippen molar-refractivity contribution in [2.24, 2.45) is 0 Å². The predicted molar refractivity (Wildman–Crippen MR) is 70.0 cm³/mol. The third-order valence-electron chi connectivity index (χ3n) is 1.95. The maximum absolute atomic E-state index is 10.8. The quantitative estimate of drug-likeness (QED) is 0.346. The van der Waals surface area contributed by atoms with Gasteiger partial charge < -0.3 is 4.74 Å². The number of hydrogen-bond donors (Lipinski definition) is 0. The molecule has 0 aromatic heterocycles. The summed E-state index contributed by atoms with van der Waals surface area (Å²) in [5.74, 6) is 0.275. The molecule has 0 aliphatic heterocycles. The first-order valence-electron chi connectivity index (χ1n) is 4.71. The second kappa shape index (κ2) is 6.26. The summed E-state index contributed by atoms with van der Waals surface area (Å²) < 4.78 is 26.4. The van der Waals surface area contributed by atoms with Crippen molar-refractivity contribution in [3.05, 3.63) is 28.3 Å². The predicted octanol–water partition coefficient (Wildman–Crippen LogP) is 2.26. The van der Waals surface area contributed by atoms with Crippen LogP contribution >= 0.6 is 22.4 Å². The molecule has 0 saturated heterocycles. The van der Waals surface area contributed by atoms with E-state index in [0.29, 0.717) is 10.6 Å². The topological polar surface area (TPSA) is 86.5 Å². The SMILES string of the molecule is COc1ccc(SCCS(=O)(=O)Cl)c([N+](=O)[O-])c1. The molecule has 0 radical (unpaired) electrons. The summed E-state index contributed by atoms with van der Waals surface area (Å²) in [5.41, 5.74) is -0.119. The van der Waals surface area contributed by atoms with Crippen LogP contribution in [-0.2, 0) is 9.05 Å². The first kappa shape index (κ1) is 15.1. The Hall–Kier alpha value is -0.990. The molecule has 18 heavy (non-hydrogen) atoms. The molecule has 0 fully saturated rings.